The number of ether oxygens (including phenoxy) is 1. The monoisotopic (exact) mass is 289 g/mol. The molecule has 5 atom stereocenters. The molecular weight excluding hydrogens is 266 g/mol. The van der Waals surface area contributed by atoms with Crippen LogP contribution in [0.5, 0.6) is 0 Å². The summed E-state index contributed by atoms with van der Waals surface area (Å²) < 4.78 is 5.87. The van der Waals surface area contributed by atoms with Crippen molar-refractivity contribution in [3.05, 3.63) is 12.7 Å². The number of rotatable bonds is 5. The molecule has 0 amide bonds. The van der Waals surface area contributed by atoms with Crippen molar-refractivity contribution >= 4 is 16.9 Å². The molecule has 0 aromatic carbocycles. The Morgan fingerprint density at radius 1 is 1.47 bits per heavy atom. The average Bonchev–Trinajstić information content (AvgIpc) is 2.79. The minimum absolute atomic E-state index is 0.182. The van der Waals surface area contributed by atoms with E-state index in [1.54, 1.807) is 6.08 Å². The molecule has 1 saturated heterocycles. The molecule has 6 N–H and O–H groups in total. The van der Waals surface area contributed by atoms with Crippen molar-refractivity contribution in [3.63, 3.8) is 0 Å². The van der Waals surface area contributed by atoms with E-state index < -0.39 is 12.2 Å². The summed E-state index contributed by atoms with van der Waals surface area (Å²) in [4.78, 5) is 4.42. The van der Waals surface area contributed by atoms with E-state index in [0.717, 1.165) is 18.3 Å². The van der Waals surface area contributed by atoms with Crippen LogP contribution in [0, 0.1) is 0 Å². The first-order valence-corrected chi connectivity index (χ1v) is 7.57. The summed E-state index contributed by atoms with van der Waals surface area (Å²) in [5.74, 6) is 0. The Kier molecular flexibility index (Phi) is 5.37. The Hall–Kier alpha value is -0.440. The number of nitrogens with two attached hydrogens (primary N) is 2. The molecule has 2 rings (SSSR count). The first-order chi connectivity index (χ1) is 9.17. The van der Waals surface area contributed by atoms with Crippen LogP contribution in [0.2, 0.25) is 0 Å². The normalized spacial score (nSPS) is 37.8. The zero-order valence-electron chi connectivity index (χ0n) is 11.1. The molecule has 1 fully saturated rings. The van der Waals surface area contributed by atoms with Crippen LogP contribution >= 0.6 is 11.8 Å². The highest BCUT2D eigenvalue weighted by molar-refractivity contribution is 8.14. The smallest absolute Gasteiger partial charge is 0.258 e. The highest BCUT2D eigenvalue weighted by Gasteiger charge is 2.49. The summed E-state index contributed by atoms with van der Waals surface area (Å²) in [7, 11) is 0. The summed E-state index contributed by atoms with van der Waals surface area (Å²) in [5.41, 5.74) is -0.182. The number of nitrogens with zero attached hydrogens (tertiary/aromatic N) is 1. The molecule has 7 heteroatoms. The van der Waals surface area contributed by atoms with E-state index in [4.69, 9.17) is 4.74 Å². The molecule has 0 saturated carbocycles. The van der Waals surface area contributed by atoms with Crippen LogP contribution in [0.3, 0.4) is 0 Å². The third-order valence-electron chi connectivity index (χ3n) is 3.29. The number of amidine groups is 1. The van der Waals surface area contributed by atoms with E-state index in [1.165, 1.54) is 11.8 Å². The number of hydrogen-bond donors (Lipinski definition) is 4. The third-order valence-corrected chi connectivity index (χ3v) is 4.43. The van der Waals surface area contributed by atoms with Crippen LogP contribution in [0.15, 0.2) is 17.6 Å². The van der Waals surface area contributed by atoms with Gasteiger partial charge in [0.25, 0.3) is 5.17 Å². The van der Waals surface area contributed by atoms with E-state index in [2.05, 4.69) is 11.6 Å². The van der Waals surface area contributed by atoms with Gasteiger partial charge < -0.3 is 20.3 Å². The minimum Gasteiger partial charge on any atom is -0.388 e. The molecule has 0 aromatic heterocycles. The van der Waals surface area contributed by atoms with Gasteiger partial charge in [0, 0.05) is 0 Å². The number of quaternary nitrogens is 2. The maximum atomic E-state index is 10.2. The van der Waals surface area contributed by atoms with Gasteiger partial charge in [-0.05, 0) is 24.8 Å². The van der Waals surface area contributed by atoms with Crippen LogP contribution in [-0.2, 0) is 4.74 Å². The fourth-order valence-electron chi connectivity index (χ4n) is 2.30. The van der Waals surface area contributed by atoms with Crippen LogP contribution < -0.4 is 10.6 Å². The number of thioether (sulfide) groups is 1. The third kappa shape index (κ3) is 3.36. The number of hydrogen-bond acceptors (Lipinski definition) is 5. The van der Waals surface area contributed by atoms with Gasteiger partial charge in [-0.1, -0.05) is 6.58 Å². The summed E-state index contributed by atoms with van der Waals surface area (Å²) in [5, 5.41) is 25.2. The van der Waals surface area contributed by atoms with Crippen molar-refractivity contribution in [1.29, 1.82) is 0 Å². The van der Waals surface area contributed by atoms with Crippen molar-refractivity contribution in [1.82, 2.24) is 0 Å². The SMILES string of the molecule is C=CC[NH2+]C[C@H]1O[C@@H]2SC([NH2+]CC)=N[C@@H]2[C@@H](O)[C@@H]1O. The zero-order chi connectivity index (χ0) is 13.8. The van der Waals surface area contributed by atoms with Gasteiger partial charge in [-0.3, -0.25) is 5.32 Å². The van der Waals surface area contributed by atoms with E-state index in [1.807, 2.05) is 17.6 Å². The van der Waals surface area contributed by atoms with Crippen LogP contribution in [0.4, 0.5) is 0 Å². The van der Waals surface area contributed by atoms with Gasteiger partial charge in [-0.25, -0.2) is 4.99 Å². The summed E-state index contributed by atoms with van der Waals surface area (Å²) >= 11 is 1.53. The quantitative estimate of drug-likeness (QED) is 0.326. The minimum atomic E-state index is -0.882. The van der Waals surface area contributed by atoms with Gasteiger partial charge in [0.05, 0.1) is 13.1 Å². The van der Waals surface area contributed by atoms with E-state index in [-0.39, 0.29) is 17.6 Å². The zero-order valence-corrected chi connectivity index (χ0v) is 11.9. The molecule has 0 aromatic rings. The van der Waals surface area contributed by atoms with Gasteiger partial charge in [-0.2, -0.15) is 0 Å². The first kappa shape index (κ1) is 15.0. The van der Waals surface area contributed by atoms with Crippen LogP contribution in [-0.4, -0.2) is 64.8 Å². The molecule has 2 aliphatic heterocycles. The standard InChI is InChI=1S/C12H21N3O3S/c1-3-5-13-6-7-9(16)10(17)8-11(18-7)19-12(15-8)14-4-2/h3,7-11,13,16-17H,1,4-6H2,2H3,(H,14,15)/p+2/t7-,8-,9-,10-,11-/m1/s1. The van der Waals surface area contributed by atoms with E-state index in [9.17, 15) is 10.2 Å². The first-order valence-electron chi connectivity index (χ1n) is 6.69. The van der Waals surface area contributed by atoms with Crippen molar-refractivity contribution in [2.75, 3.05) is 19.6 Å². The Morgan fingerprint density at radius 3 is 2.95 bits per heavy atom. The summed E-state index contributed by atoms with van der Waals surface area (Å²) in [6, 6.07) is -0.353. The largest absolute Gasteiger partial charge is 0.388 e. The molecule has 0 bridgehead atoms. The molecule has 2 heterocycles. The lowest BCUT2D eigenvalue weighted by molar-refractivity contribution is -0.655. The summed E-state index contributed by atoms with van der Waals surface area (Å²) in [6.07, 6.45) is -0.292. The van der Waals surface area contributed by atoms with E-state index in [0.29, 0.717) is 6.54 Å². The Bertz CT molecular complexity index is 353. The molecule has 0 radical (unpaired) electrons. The Morgan fingerprint density at radius 2 is 2.26 bits per heavy atom. The highest BCUT2D eigenvalue weighted by atomic mass is 32.2. The summed E-state index contributed by atoms with van der Waals surface area (Å²) in [6.45, 7) is 7.98. The van der Waals surface area contributed by atoms with Gasteiger partial charge >= 0.3 is 0 Å². The van der Waals surface area contributed by atoms with Crippen LogP contribution in [0.25, 0.3) is 0 Å². The fourth-order valence-corrected chi connectivity index (χ4v) is 3.54. The van der Waals surface area contributed by atoms with Crippen molar-refractivity contribution < 1.29 is 25.6 Å². The van der Waals surface area contributed by atoms with Gasteiger partial charge in [0.1, 0.15) is 36.3 Å². The molecule has 108 valence electrons. The lowest BCUT2D eigenvalue weighted by atomic mass is 9.98. The average molecular weight is 289 g/mol. The molecule has 0 aliphatic carbocycles. The van der Waals surface area contributed by atoms with Crippen LogP contribution in [0.1, 0.15) is 6.92 Å². The highest BCUT2D eigenvalue weighted by Crippen LogP contribution is 2.34. The lowest BCUT2D eigenvalue weighted by Crippen LogP contribution is -2.87. The number of fused-ring (bicyclic) bond motifs is 1. The molecule has 0 spiro atoms. The topological polar surface area (TPSA) is 95.3 Å². The Labute approximate surface area is 117 Å². The molecule has 19 heavy (non-hydrogen) atoms. The lowest BCUT2D eigenvalue weighted by Gasteiger charge is -2.37. The van der Waals surface area contributed by atoms with Gasteiger partial charge in [0.15, 0.2) is 0 Å². The number of aliphatic hydroxyl groups is 2. The van der Waals surface area contributed by atoms with Gasteiger partial charge in [-0.15, -0.1) is 0 Å². The van der Waals surface area contributed by atoms with Crippen molar-refractivity contribution in [3.8, 4) is 0 Å². The van der Waals surface area contributed by atoms with Gasteiger partial charge in [0.2, 0.25) is 0 Å². The fraction of sp³-hybridized carbons (Fsp3) is 0.750. The maximum Gasteiger partial charge on any atom is 0.258 e. The number of aliphatic imine (C=N–C) groups is 1. The Balaban J connectivity index is 1.95. The van der Waals surface area contributed by atoms with Crippen molar-refractivity contribution in [2.45, 2.75) is 36.7 Å². The second kappa shape index (κ2) is 6.83. The second-order valence-corrected chi connectivity index (χ2v) is 5.88. The van der Waals surface area contributed by atoms with Crippen molar-refractivity contribution in [2.24, 2.45) is 4.99 Å². The maximum absolute atomic E-state index is 10.2. The molecule has 0 unspecified atom stereocenters. The van der Waals surface area contributed by atoms with E-state index >= 15 is 0 Å². The number of aliphatic hydroxyl groups excluding tert-OH is 2. The predicted molar refractivity (Wildman–Crippen MR) is 73.8 cm³/mol. The molecule has 6 nitrogen and oxygen atoms in total. The predicted octanol–water partition coefficient (Wildman–Crippen LogP) is -2.76. The second-order valence-electron chi connectivity index (χ2n) is 4.76. The molecule has 2 aliphatic rings. The molecular formula is C12H23N3O3S+2.